The molecule has 0 bridgehead atoms. The highest BCUT2D eigenvalue weighted by molar-refractivity contribution is 7.10. The van der Waals surface area contributed by atoms with Crippen molar-refractivity contribution < 1.29 is 23.8 Å². The maximum atomic E-state index is 13.8. The minimum atomic E-state index is -0.301. The molecule has 0 saturated heterocycles. The smallest absolute Gasteiger partial charge is 0.322 e. The summed E-state index contributed by atoms with van der Waals surface area (Å²) in [6, 6.07) is 13.4. The van der Waals surface area contributed by atoms with Gasteiger partial charge in [0.05, 0.1) is 20.8 Å². The van der Waals surface area contributed by atoms with Crippen LogP contribution in [0.5, 0.6) is 11.5 Å². The van der Waals surface area contributed by atoms with Crippen molar-refractivity contribution in [1.29, 1.82) is 0 Å². The summed E-state index contributed by atoms with van der Waals surface area (Å²) in [5, 5.41) is 5.05. The van der Waals surface area contributed by atoms with E-state index in [1.54, 1.807) is 37.6 Å². The molecule has 40 heavy (non-hydrogen) atoms. The summed E-state index contributed by atoms with van der Waals surface area (Å²) < 4.78 is 16.0. The molecule has 0 aliphatic rings. The molecule has 0 radical (unpaired) electrons. The molecule has 3 amide bonds. The number of amides is 3. The van der Waals surface area contributed by atoms with E-state index in [-0.39, 0.29) is 18.5 Å². The number of urea groups is 1. The number of carbonyl (C=O) groups excluding carboxylic acids is 2. The predicted molar refractivity (Wildman–Crippen MR) is 161 cm³/mol. The molecule has 0 unspecified atom stereocenters. The summed E-state index contributed by atoms with van der Waals surface area (Å²) in [6.45, 7) is 7.89. The highest BCUT2D eigenvalue weighted by Gasteiger charge is 2.23. The largest absolute Gasteiger partial charge is 0.493 e. The molecule has 8 nitrogen and oxygen atoms in total. The van der Waals surface area contributed by atoms with Crippen LogP contribution in [0.25, 0.3) is 0 Å². The summed E-state index contributed by atoms with van der Waals surface area (Å²) >= 11 is 1.63. The van der Waals surface area contributed by atoms with Crippen molar-refractivity contribution in [2.45, 2.75) is 40.2 Å². The Hall–Kier alpha value is -3.56. The maximum Gasteiger partial charge on any atom is 0.322 e. The van der Waals surface area contributed by atoms with Gasteiger partial charge in [0.2, 0.25) is 5.91 Å². The zero-order chi connectivity index (χ0) is 29.1. The van der Waals surface area contributed by atoms with Gasteiger partial charge in [0.15, 0.2) is 11.5 Å². The number of hydrogen-bond donors (Lipinski definition) is 1. The van der Waals surface area contributed by atoms with E-state index >= 15 is 0 Å². The summed E-state index contributed by atoms with van der Waals surface area (Å²) in [7, 11) is 4.85. The molecule has 1 aromatic heterocycles. The molecular formula is C31H41N3O5S. The van der Waals surface area contributed by atoms with Crippen LogP contribution >= 0.6 is 11.3 Å². The Balaban J connectivity index is 1.79. The van der Waals surface area contributed by atoms with Crippen molar-refractivity contribution in [3.8, 4) is 11.5 Å². The molecule has 0 spiro atoms. The SMILES string of the molecule is COCCCN(CC(=O)N(CCc1ccc(OC)c(OC)c1)Cc1sccc1C)C(=O)Nc1cccc(C)c1C. The molecule has 0 atom stereocenters. The Kier molecular flexibility index (Phi) is 11.8. The standard InChI is InChI=1S/C31H41N3O5S/c1-22-9-7-10-26(24(22)3)32-31(36)34(15-8-17-37-4)21-30(35)33(20-29-23(2)14-18-40-29)16-13-25-11-12-27(38-5)28(19-25)39-6/h7,9-12,14,18-19H,8,13,15-17,20-21H2,1-6H3,(H,32,36). The molecule has 0 fully saturated rings. The van der Waals surface area contributed by atoms with Crippen molar-refractivity contribution >= 4 is 29.0 Å². The number of methoxy groups -OCH3 is 3. The maximum absolute atomic E-state index is 13.8. The Labute approximate surface area is 241 Å². The van der Waals surface area contributed by atoms with Gasteiger partial charge < -0.3 is 29.3 Å². The normalized spacial score (nSPS) is 10.8. The average molecular weight is 568 g/mol. The Morgan fingerprint density at radius 1 is 0.900 bits per heavy atom. The second-order valence-electron chi connectivity index (χ2n) is 9.73. The zero-order valence-corrected chi connectivity index (χ0v) is 25.2. The van der Waals surface area contributed by atoms with E-state index in [4.69, 9.17) is 14.2 Å². The molecule has 0 aliphatic carbocycles. The number of carbonyl (C=O) groups is 2. The highest BCUT2D eigenvalue weighted by Crippen LogP contribution is 2.28. The number of aryl methyl sites for hydroxylation is 2. The second kappa shape index (κ2) is 15.3. The lowest BCUT2D eigenvalue weighted by atomic mass is 10.1. The minimum Gasteiger partial charge on any atom is -0.493 e. The number of anilines is 1. The quantitative estimate of drug-likeness (QED) is 0.248. The molecule has 1 heterocycles. The van der Waals surface area contributed by atoms with E-state index in [0.29, 0.717) is 50.6 Å². The molecule has 216 valence electrons. The summed E-state index contributed by atoms with van der Waals surface area (Å²) in [6.07, 6.45) is 1.26. The summed E-state index contributed by atoms with van der Waals surface area (Å²) in [4.78, 5) is 31.7. The average Bonchev–Trinajstić information content (AvgIpc) is 3.36. The van der Waals surface area contributed by atoms with E-state index in [1.165, 1.54) is 0 Å². The number of ether oxygens (including phenoxy) is 3. The Bertz CT molecular complexity index is 1280. The Morgan fingerprint density at radius 3 is 2.35 bits per heavy atom. The number of rotatable bonds is 14. The second-order valence-corrected chi connectivity index (χ2v) is 10.7. The molecule has 1 N–H and O–H groups in total. The molecule has 0 saturated carbocycles. The number of thiophene rings is 1. The molecule has 2 aromatic carbocycles. The van der Waals surface area contributed by atoms with E-state index in [0.717, 1.165) is 32.8 Å². The van der Waals surface area contributed by atoms with Crippen LogP contribution in [-0.4, -0.2) is 69.3 Å². The minimum absolute atomic E-state index is 0.0310. The van der Waals surface area contributed by atoms with E-state index < -0.39 is 0 Å². The monoisotopic (exact) mass is 567 g/mol. The van der Waals surface area contributed by atoms with Crippen molar-refractivity contribution in [3.63, 3.8) is 0 Å². The van der Waals surface area contributed by atoms with Crippen molar-refractivity contribution in [2.75, 3.05) is 52.9 Å². The van der Waals surface area contributed by atoms with Crippen molar-refractivity contribution in [1.82, 2.24) is 9.80 Å². The van der Waals surface area contributed by atoms with Gasteiger partial charge in [-0.2, -0.15) is 0 Å². The third-order valence-electron chi connectivity index (χ3n) is 7.01. The summed E-state index contributed by atoms with van der Waals surface area (Å²) in [5.74, 6) is 1.20. The van der Waals surface area contributed by atoms with Gasteiger partial charge in [-0.1, -0.05) is 18.2 Å². The Morgan fingerprint density at radius 2 is 1.68 bits per heavy atom. The first kappa shape index (κ1) is 31.0. The van der Waals surface area contributed by atoms with Crippen molar-refractivity contribution in [2.24, 2.45) is 0 Å². The fourth-order valence-corrected chi connectivity index (χ4v) is 5.25. The van der Waals surface area contributed by atoms with Gasteiger partial charge in [-0.05, 0) is 85.5 Å². The first-order chi connectivity index (χ1) is 19.3. The molecule has 3 rings (SSSR count). The van der Waals surface area contributed by atoms with Gasteiger partial charge in [0.1, 0.15) is 6.54 Å². The first-order valence-corrected chi connectivity index (χ1v) is 14.3. The fraction of sp³-hybridized carbons (Fsp3) is 0.419. The number of nitrogens with zero attached hydrogens (tertiary/aromatic N) is 2. The molecule has 0 aliphatic heterocycles. The van der Waals surface area contributed by atoms with Gasteiger partial charge in [-0.15, -0.1) is 11.3 Å². The fourth-order valence-electron chi connectivity index (χ4n) is 4.33. The van der Waals surface area contributed by atoms with Crippen LogP contribution in [0.3, 0.4) is 0 Å². The van der Waals surface area contributed by atoms with Gasteiger partial charge in [-0.3, -0.25) is 4.79 Å². The van der Waals surface area contributed by atoms with E-state index in [9.17, 15) is 9.59 Å². The van der Waals surface area contributed by atoms with E-state index in [1.807, 2.05) is 60.5 Å². The van der Waals surface area contributed by atoms with Crippen LogP contribution < -0.4 is 14.8 Å². The van der Waals surface area contributed by atoms with Crippen LogP contribution in [0.15, 0.2) is 47.8 Å². The predicted octanol–water partition coefficient (Wildman–Crippen LogP) is 5.83. The van der Waals surface area contributed by atoms with Crippen LogP contribution in [0.4, 0.5) is 10.5 Å². The number of benzene rings is 2. The van der Waals surface area contributed by atoms with Crippen LogP contribution in [-0.2, 0) is 22.5 Å². The van der Waals surface area contributed by atoms with Gasteiger partial charge in [-0.25, -0.2) is 4.79 Å². The third-order valence-corrected chi connectivity index (χ3v) is 8.02. The van der Waals surface area contributed by atoms with Gasteiger partial charge in [0, 0.05) is 37.4 Å². The highest BCUT2D eigenvalue weighted by atomic mass is 32.1. The van der Waals surface area contributed by atoms with Gasteiger partial charge >= 0.3 is 6.03 Å². The first-order valence-electron chi connectivity index (χ1n) is 13.4. The lowest BCUT2D eigenvalue weighted by Gasteiger charge is -2.28. The van der Waals surface area contributed by atoms with Crippen LogP contribution in [0.1, 0.15) is 33.6 Å². The third kappa shape index (κ3) is 8.47. The topological polar surface area (TPSA) is 80.3 Å². The van der Waals surface area contributed by atoms with Gasteiger partial charge in [0.25, 0.3) is 0 Å². The van der Waals surface area contributed by atoms with Crippen LogP contribution in [0.2, 0.25) is 0 Å². The van der Waals surface area contributed by atoms with Crippen LogP contribution in [0, 0.1) is 20.8 Å². The summed E-state index contributed by atoms with van der Waals surface area (Å²) in [5.41, 5.74) is 5.02. The number of nitrogens with one attached hydrogen (secondary N) is 1. The lowest BCUT2D eigenvalue weighted by molar-refractivity contribution is -0.132. The van der Waals surface area contributed by atoms with E-state index in [2.05, 4.69) is 18.3 Å². The number of hydrogen-bond acceptors (Lipinski definition) is 6. The molecular weight excluding hydrogens is 526 g/mol. The van der Waals surface area contributed by atoms with Crippen molar-refractivity contribution in [3.05, 3.63) is 75.0 Å². The molecule has 9 heteroatoms. The molecule has 3 aromatic rings. The zero-order valence-electron chi connectivity index (χ0n) is 24.4. The lowest BCUT2D eigenvalue weighted by Crippen LogP contribution is -2.45.